The first-order valence-electron chi connectivity index (χ1n) is 12.0. The summed E-state index contributed by atoms with van der Waals surface area (Å²) in [5.41, 5.74) is 9.93. The molecule has 0 saturated carbocycles. The van der Waals surface area contributed by atoms with Gasteiger partial charge in [-0.1, -0.05) is 72.8 Å². The monoisotopic (exact) mass is 461 g/mol. The van der Waals surface area contributed by atoms with Gasteiger partial charge in [-0.15, -0.1) is 0 Å². The number of pyridine rings is 1. The van der Waals surface area contributed by atoms with Crippen LogP contribution in [0.1, 0.15) is 0 Å². The Kier molecular flexibility index (Phi) is 3.88. The van der Waals surface area contributed by atoms with Crippen LogP contribution in [-0.4, -0.2) is 23.8 Å². The van der Waals surface area contributed by atoms with Crippen LogP contribution < -0.4 is 0 Å². The molecule has 0 atom stereocenters. The quantitative estimate of drug-likeness (QED) is 0.274. The second-order valence-electron chi connectivity index (χ2n) is 8.97. The maximum Gasteiger partial charge on any atom is 0.221 e. The predicted octanol–water partition coefficient (Wildman–Crippen LogP) is 7.17. The molecular formula is C31H19N5. The molecule has 36 heavy (non-hydrogen) atoms. The fourth-order valence-corrected chi connectivity index (χ4v) is 5.30. The van der Waals surface area contributed by atoms with E-state index in [1.165, 1.54) is 0 Å². The summed E-state index contributed by atoms with van der Waals surface area (Å²) < 4.78 is 4.42. The third kappa shape index (κ3) is 2.62. The minimum Gasteiger partial charge on any atom is -0.277 e. The van der Waals surface area contributed by atoms with Crippen molar-refractivity contribution in [1.82, 2.24) is 23.8 Å². The Labute approximate surface area is 205 Å². The van der Waals surface area contributed by atoms with Crippen LogP contribution in [-0.2, 0) is 0 Å². The van der Waals surface area contributed by atoms with Gasteiger partial charge in [0.2, 0.25) is 5.78 Å². The van der Waals surface area contributed by atoms with Gasteiger partial charge in [-0.3, -0.25) is 8.80 Å². The number of aromatic nitrogens is 5. The molecule has 0 aliphatic rings. The first-order chi connectivity index (χ1) is 17.9. The molecule has 4 aromatic carbocycles. The molecule has 4 aromatic heterocycles. The van der Waals surface area contributed by atoms with Gasteiger partial charge in [-0.25, -0.2) is 15.0 Å². The average Bonchev–Trinajstić information content (AvgIpc) is 3.53. The van der Waals surface area contributed by atoms with E-state index in [0.717, 1.165) is 66.9 Å². The minimum atomic E-state index is 0.846. The Balaban J connectivity index is 1.50. The van der Waals surface area contributed by atoms with E-state index >= 15 is 0 Å². The number of hydrogen-bond donors (Lipinski definition) is 0. The summed E-state index contributed by atoms with van der Waals surface area (Å²) in [4.78, 5) is 15.3. The molecule has 5 nitrogen and oxygen atoms in total. The van der Waals surface area contributed by atoms with Crippen molar-refractivity contribution in [3.8, 4) is 22.5 Å². The van der Waals surface area contributed by atoms with Gasteiger partial charge in [0, 0.05) is 16.5 Å². The fraction of sp³-hybridized carbons (Fsp3) is 0. The number of imidazole rings is 2. The Morgan fingerprint density at radius 2 is 1.19 bits per heavy atom. The number of fused-ring (bicyclic) bond motifs is 10. The number of hydrogen-bond acceptors (Lipinski definition) is 3. The SMILES string of the molecule is c1ccc(-c2cccc(-c3cccc4c3nc3n4c4ccccc4c4nc5ccccc5n43)n2)cc1. The van der Waals surface area contributed by atoms with E-state index < -0.39 is 0 Å². The second-order valence-corrected chi connectivity index (χ2v) is 8.97. The summed E-state index contributed by atoms with van der Waals surface area (Å²) in [7, 11) is 0. The Morgan fingerprint density at radius 1 is 0.472 bits per heavy atom. The normalized spacial score (nSPS) is 11.9. The lowest BCUT2D eigenvalue weighted by Gasteiger charge is -2.07. The van der Waals surface area contributed by atoms with Gasteiger partial charge < -0.3 is 0 Å². The van der Waals surface area contributed by atoms with Crippen molar-refractivity contribution in [1.29, 1.82) is 0 Å². The van der Waals surface area contributed by atoms with E-state index in [1.54, 1.807) is 0 Å². The summed E-state index contributed by atoms with van der Waals surface area (Å²) in [6.45, 7) is 0. The fourth-order valence-electron chi connectivity index (χ4n) is 5.30. The molecule has 0 unspecified atom stereocenters. The van der Waals surface area contributed by atoms with Gasteiger partial charge in [-0.05, 0) is 42.5 Å². The van der Waals surface area contributed by atoms with Crippen molar-refractivity contribution in [2.75, 3.05) is 0 Å². The van der Waals surface area contributed by atoms with Gasteiger partial charge in [0.15, 0.2) is 0 Å². The third-order valence-electron chi connectivity index (χ3n) is 6.91. The smallest absolute Gasteiger partial charge is 0.221 e. The van der Waals surface area contributed by atoms with E-state index in [9.17, 15) is 0 Å². The summed E-state index contributed by atoms with van der Waals surface area (Å²) in [5, 5.41) is 1.09. The highest BCUT2D eigenvalue weighted by Crippen LogP contribution is 2.34. The zero-order chi connectivity index (χ0) is 23.6. The van der Waals surface area contributed by atoms with Crippen molar-refractivity contribution in [2.45, 2.75) is 0 Å². The molecule has 168 valence electrons. The summed E-state index contributed by atoms with van der Waals surface area (Å²) >= 11 is 0. The molecule has 5 heteroatoms. The largest absolute Gasteiger partial charge is 0.277 e. The minimum absolute atomic E-state index is 0.846. The van der Waals surface area contributed by atoms with Crippen molar-refractivity contribution in [3.63, 3.8) is 0 Å². The van der Waals surface area contributed by atoms with Crippen molar-refractivity contribution >= 4 is 44.4 Å². The van der Waals surface area contributed by atoms with Gasteiger partial charge in [-0.2, -0.15) is 0 Å². The Bertz CT molecular complexity index is 2100. The van der Waals surface area contributed by atoms with Crippen LogP contribution in [0.4, 0.5) is 0 Å². The van der Waals surface area contributed by atoms with Crippen LogP contribution in [0.15, 0.2) is 115 Å². The van der Waals surface area contributed by atoms with Crippen LogP contribution in [0, 0.1) is 0 Å². The van der Waals surface area contributed by atoms with Gasteiger partial charge in [0.25, 0.3) is 0 Å². The maximum absolute atomic E-state index is 5.24. The summed E-state index contributed by atoms with van der Waals surface area (Å²) in [5.74, 6) is 0.846. The molecular weight excluding hydrogens is 442 g/mol. The predicted molar refractivity (Wildman–Crippen MR) is 145 cm³/mol. The molecule has 8 rings (SSSR count). The number of rotatable bonds is 2. The maximum atomic E-state index is 5.24. The highest BCUT2D eigenvalue weighted by atomic mass is 15.2. The van der Waals surface area contributed by atoms with Crippen LogP contribution in [0.3, 0.4) is 0 Å². The van der Waals surface area contributed by atoms with E-state index in [4.69, 9.17) is 15.0 Å². The van der Waals surface area contributed by atoms with Crippen LogP contribution in [0.25, 0.3) is 66.9 Å². The topological polar surface area (TPSA) is 47.5 Å². The molecule has 0 aliphatic carbocycles. The van der Waals surface area contributed by atoms with E-state index in [0.29, 0.717) is 0 Å². The Morgan fingerprint density at radius 3 is 2.11 bits per heavy atom. The van der Waals surface area contributed by atoms with Crippen molar-refractivity contribution in [2.24, 2.45) is 0 Å². The lowest BCUT2D eigenvalue weighted by Crippen LogP contribution is -1.97. The zero-order valence-corrected chi connectivity index (χ0v) is 19.2. The summed E-state index contributed by atoms with van der Waals surface area (Å²) in [6, 6.07) is 39.5. The van der Waals surface area contributed by atoms with Gasteiger partial charge in [0.1, 0.15) is 11.2 Å². The molecule has 0 spiro atoms. The lowest BCUT2D eigenvalue weighted by molar-refractivity contribution is 1.14. The van der Waals surface area contributed by atoms with Crippen molar-refractivity contribution in [3.05, 3.63) is 115 Å². The highest BCUT2D eigenvalue weighted by molar-refractivity contribution is 6.03. The number of benzene rings is 4. The second kappa shape index (κ2) is 7.23. The molecule has 0 saturated heterocycles. The third-order valence-corrected chi connectivity index (χ3v) is 6.91. The average molecular weight is 462 g/mol. The lowest BCUT2D eigenvalue weighted by atomic mass is 10.1. The first-order valence-corrected chi connectivity index (χ1v) is 12.0. The molecule has 4 heterocycles. The van der Waals surface area contributed by atoms with E-state index in [2.05, 4.69) is 99.8 Å². The molecule has 8 aromatic rings. The molecule has 0 amide bonds. The molecule has 0 aliphatic heterocycles. The van der Waals surface area contributed by atoms with Crippen LogP contribution in [0.2, 0.25) is 0 Å². The van der Waals surface area contributed by atoms with E-state index in [1.807, 2.05) is 24.3 Å². The van der Waals surface area contributed by atoms with Crippen LogP contribution >= 0.6 is 0 Å². The van der Waals surface area contributed by atoms with E-state index in [-0.39, 0.29) is 0 Å². The van der Waals surface area contributed by atoms with Gasteiger partial charge >= 0.3 is 0 Å². The van der Waals surface area contributed by atoms with Gasteiger partial charge in [0.05, 0.1) is 33.5 Å². The zero-order valence-electron chi connectivity index (χ0n) is 19.2. The highest BCUT2D eigenvalue weighted by Gasteiger charge is 2.19. The molecule has 0 N–H and O–H groups in total. The van der Waals surface area contributed by atoms with Crippen molar-refractivity contribution < 1.29 is 0 Å². The number of para-hydroxylation sites is 4. The Hall–Kier alpha value is -5.03. The first kappa shape index (κ1) is 19.3. The number of nitrogens with zero attached hydrogens (tertiary/aromatic N) is 5. The molecule has 0 fully saturated rings. The molecule has 0 bridgehead atoms. The molecule has 0 radical (unpaired) electrons. The van der Waals surface area contributed by atoms with Crippen LogP contribution in [0.5, 0.6) is 0 Å². The summed E-state index contributed by atoms with van der Waals surface area (Å²) in [6.07, 6.45) is 0. The standard InChI is InChI=1S/C31H19N5/c1-2-10-20(11-3-1)23-15-9-16-24(32-23)21-13-8-19-28-29(21)34-31-35(28)26-17-6-4-12-22(26)30-33-25-14-5-7-18-27(25)36(30)31/h1-19H.